The predicted molar refractivity (Wildman–Crippen MR) is 94.6 cm³/mol. The van der Waals surface area contributed by atoms with Gasteiger partial charge in [-0.1, -0.05) is 18.2 Å². The Bertz CT molecular complexity index is 796. The lowest BCUT2D eigenvalue weighted by Gasteiger charge is -2.12. The highest BCUT2D eigenvalue weighted by Crippen LogP contribution is 2.38. The number of ether oxygens (including phenoxy) is 3. The van der Waals surface area contributed by atoms with Crippen molar-refractivity contribution in [3.63, 3.8) is 0 Å². The molecule has 4 nitrogen and oxygen atoms in total. The molecule has 0 aliphatic heterocycles. The molecule has 0 saturated heterocycles. The Hall–Kier alpha value is -2.53. The maximum atomic E-state index is 5.37. The van der Waals surface area contributed by atoms with Gasteiger partial charge in [-0.05, 0) is 35.9 Å². The van der Waals surface area contributed by atoms with E-state index < -0.39 is 0 Å². The van der Waals surface area contributed by atoms with Gasteiger partial charge in [0.2, 0.25) is 5.75 Å². The van der Waals surface area contributed by atoms with Crippen LogP contribution in [0.25, 0.3) is 22.4 Å². The number of aromatic nitrogens is 1. The summed E-state index contributed by atoms with van der Waals surface area (Å²) in [5.41, 5.74) is 1.97. The first-order chi connectivity index (χ1) is 11.2. The lowest BCUT2D eigenvalue weighted by molar-refractivity contribution is 0.324. The zero-order chi connectivity index (χ0) is 16.2. The van der Waals surface area contributed by atoms with Crippen molar-refractivity contribution in [2.24, 2.45) is 0 Å². The molecule has 0 atom stereocenters. The topological polar surface area (TPSA) is 40.6 Å². The fourth-order valence-corrected chi connectivity index (χ4v) is 3.20. The minimum Gasteiger partial charge on any atom is -0.493 e. The number of fused-ring (bicyclic) bond motifs is 1. The predicted octanol–water partition coefficient (Wildman–Crippen LogP) is 4.49. The Labute approximate surface area is 139 Å². The van der Waals surface area contributed by atoms with Gasteiger partial charge < -0.3 is 14.2 Å². The molecule has 23 heavy (non-hydrogen) atoms. The normalized spacial score (nSPS) is 11.1. The van der Waals surface area contributed by atoms with E-state index in [1.54, 1.807) is 32.7 Å². The van der Waals surface area contributed by atoms with Crippen molar-refractivity contribution in [1.29, 1.82) is 0 Å². The summed E-state index contributed by atoms with van der Waals surface area (Å²) in [6.07, 6.45) is 3.98. The molecule has 0 fully saturated rings. The van der Waals surface area contributed by atoms with Gasteiger partial charge in [0.15, 0.2) is 11.5 Å². The fourth-order valence-electron chi connectivity index (χ4n) is 2.33. The highest BCUT2D eigenvalue weighted by Gasteiger charge is 2.12. The summed E-state index contributed by atoms with van der Waals surface area (Å²) in [5, 5.41) is 0.958. The Kier molecular flexibility index (Phi) is 4.48. The summed E-state index contributed by atoms with van der Waals surface area (Å²) < 4.78 is 17.2. The van der Waals surface area contributed by atoms with Gasteiger partial charge in [0.25, 0.3) is 0 Å². The molecule has 0 saturated carbocycles. The van der Waals surface area contributed by atoms with Gasteiger partial charge in [0, 0.05) is 0 Å². The van der Waals surface area contributed by atoms with Crippen LogP contribution in [0.3, 0.4) is 0 Å². The van der Waals surface area contributed by atoms with E-state index in [0.29, 0.717) is 17.2 Å². The van der Waals surface area contributed by atoms with Crippen LogP contribution in [0.1, 0.15) is 10.6 Å². The third kappa shape index (κ3) is 3.14. The number of hydrogen-bond donors (Lipinski definition) is 0. The van der Waals surface area contributed by atoms with Gasteiger partial charge in [0.05, 0.1) is 31.5 Å². The molecular weight excluding hydrogens is 310 g/mol. The molecular formula is C18H17NO3S. The molecule has 2 aromatic carbocycles. The van der Waals surface area contributed by atoms with Crippen molar-refractivity contribution < 1.29 is 14.2 Å². The fraction of sp³-hybridized carbons (Fsp3) is 0.167. The molecule has 3 rings (SSSR count). The lowest BCUT2D eigenvalue weighted by atomic mass is 10.1. The van der Waals surface area contributed by atoms with Gasteiger partial charge in [-0.2, -0.15) is 0 Å². The van der Waals surface area contributed by atoms with Crippen molar-refractivity contribution in [1.82, 2.24) is 4.98 Å². The first-order valence-electron chi connectivity index (χ1n) is 7.09. The number of methoxy groups -OCH3 is 3. The van der Waals surface area contributed by atoms with E-state index in [0.717, 1.165) is 16.1 Å². The summed E-state index contributed by atoms with van der Waals surface area (Å²) in [7, 11) is 4.81. The standard InChI is InChI=1S/C18H17NO3S/c1-20-14-10-12(11-15(21-2)18(14)22-3)8-9-17-19-13-6-4-5-7-16(13)23-17/h4-11H,1-3H3. The van der Waals surface area contributed by atoms with E-state index in [2.05, 4.69) is 11.1 Å². The second kappa shape index (κ2) is 6.71. The van der Waals surface area contributed by atoms with Gasteiger partial charge >= 0.3 is 0 Å². The molecule has 5 heteroatoms. The quantitative estimate of drug-likeness (QED) is 0.692. The van der Waals surface area contributed by atoms with Crippen molar-refractivity contribution >= 4 is 33.7 Å². The summed E-state index contributed by atoms with van der Waals surface area (Å²) in [4.78, 5) is 4.59. The molecule has 0 spiro atoms. The smallest absolute Gasteiger partial charge is 0.203 e. The molecule has 0 unspecified atom stereocenters. The second-order valence-corrected chi connectivity index (χ2v) is 5.87. The van der Waals surface area contributed by atoms with Crippen LogP contribution < -0.4 is 14.2 Å². The van der Waals surface area contributed by atoms with Crippen LogP contribution in [0.15, 0.2) is 36.4 Å². The average molecular weight is 327 g/mol. The van der Waals surface area contributed by atoms with Gasteiger partial charge in [-0.3, -0.25) is 0 Å². The molecule has 1 aromatic heterocycles. The number of para-hydroxylation sites is 1. The maximum Gasteiger partial charge on any atom is 0.203 e. The van der Waals surface area contributed by atoms with E-state index >= 15 is 0 Å². The van der Waals surface area contributed by atoms with Crippen LogP contribution >= 0.6 is 11.3 Å². The molecule has 1 heterocycles. The van der Waals surface area contributed by atoms with Crippen molar-refractivity contribution in [3.05, 3.63) is 47.0 Å². The Morgan fingerprint density at radius 1 is 0.913 bits per heavy atom. The molecule has 0 bridgehead atoms. The number of hydrogen-bond acceptors (Lipinski definition) is 5. The molecule has 0 aliphatic carbocycles. The van der Waals surface area contributed by atoms with Gasteiger partial charge in [-0.25, -0.2) is 4.98 Å². The Morgan fingerprint density at radius 3 is 2.22 bits per heavy atom. The Balaban J connectivity index is 1.95. The number of benzene rings is 2. The number of nitrogens with zero attached hydrogens (tertiary/aromatic N) is 1. The zero-order valence-corrected chi connectivity index (χ0v) is 14.0. The van der Waals surface area contributed by atoms with Crippen LogP contribution in [0.5, 0.6) is 17.2 Å². The van der Waals surface area contributed by atoms with Crippen LogP contribution in [0, 0.1) is 0 Å². The second-order valence-electron chi connectivity index (χ2n) is 4.81. The SMILES string of the molecule is COc1cc(C=Cc2nc3ccccc3s2)cc(OC)c1OC. The van der Waals surface area contributed by atoms with Crippen LogP contribution in [0.4, 0.5) is 0 Å². The van der Waals surface area contributed by atoms with Gasteiger partial charge in [0.1, 0.15) is 5.01 Å². The average Bonchev–Trinajstić information content (AvgIpc) is 3.01. The first-order valence-corrected chi connectivity index (χ1v) is 7.90. The van der Waals surface area contributed by atoms with E-state index in [1.165, 1.54) is 4.70 Å². The van der Waals surface area contributed by atoms with E-state index in [9.17, 15) is 0 Å². The van der Waals surface area contributed by atoms with Crippen molar-refractivity contribution in [2.75, 3.05) is 21.3 Å². The van der Waals surface area contributed by atoms with E-state index in [4.69, 9.17) is 14.2 Å². The number of rotatable bonds is 5. The summed E-state index contributed by atoms with van der Waals surface area (Å²) in [6.45, 7) is 0. The monoisotopic (exact) mass is 327 g/mol. The van der Waals surface area contributed by atoms with E-state index in [-0.39, 0.29) is 0 Å². The molecule has 0 N–H and O–H groups in total. The zero-order valence-electron chi connectivity index (χ0n) is 13.2. The summed E-state index contributed by atoms with van der Waals surface area (Å²) >= 11 is 1.66. The highest BCUT2D eigenvalue weighted by atomic mass is 32.1. The minimum absolute atomic E-state index is 0.590. The summed E-state index contributed by atoms with van der Waals surface area (Å²) in [6, 6.07) is 11.9. The van der Waals surface area contributed by atoms with Crippen molar-refractivity contribution in [2.45, 2.75) is 0 Å². The summed E-state index contributed by atoms with van der Waals surface area (Å²) in [5.74, 6) is 1.86. The van der Waals surface area contributed by atoms with Crippen molar-refractivity contribution in [3.8, 4) is 17.2 Å². The third-order valence-corrected chi connectivity index (χ3v) is 4.42. The maximum absolute atomic E-state index is 5.37. The lowest BCUT2D eigenvalue weighted by Crippen LogP contribution is -1.95. The molecule has 3 aromatic rings. The molecule has 0 aliphatic rings. The van der Waals surface area contributed by atoms with Gasteiger partial charge in [-0.15, -0.1) is 11.3 Å². The third-order valence-electron chi connectivity index (χ3n) is 3.42. The minimum atomic E-state index is 0.590. The highest BCUT2D eigenvalue weighted by molar-refractivity contribution is 7.19. The molecule has 118 valence electrons. The van der Waals surface area contributed by atoms with Crippen LogP contribution in [-0.4, -0.2) is 26.3 Å². The Morgan fingerprint density at radius 2 is 1.61 bits per heavy atom. The molecule has 0 amide bonds. The number of thiazole rings is 1. The first kappa shape index (κ1) is 15.4. The van der Waals surface area contributed by atoms with Crippen LogP contribution in [-0.2, 0) is 0 Å². The van der Waals surface area contributed by atoms with E-state index in [1.807, 2.05) is 42.5 Å². The van der Waals surface area contributed by atoms with Crippen LogP contribution in [0.2, 0.25) is 0 Å². The largest absolute Gasteiger partial charge is 0.493 e. The molecule has 0 radical (unpaired) electrons.